The predicted molar refractivity (Wildman–Crippen MR) is 75.1 cm³/mol. The Kier molecular flexibility index (Phi) is 3.37. The van der Waals surface area contributed by atoms with Crippen LogP contribution in [0.4, 0.5) is 0 Å². The molecule has 1 unspecified atom stereocenters. The van der Waals surface area contributed by atoms with Crippen molar-refractivity contribution in [2.24, 2.45) is 0 Å². The molecular formula is C14H20N2O2S. The number of ether oxygens (including phenoxy) is 1. The fourth-order valence-electron chi connectivity index (χ4n) is 2.71. The summed E-state index contributed by atoms with van der Waals surface area (Å²) in [7, 11) is 1.70. The Labute approximate surface area is 117 Å². The van der Waals surface area contributed by atoms with E-state index in [-0.39, 0.29) is 17.6 Å². The second-order valence-electron chi connectivity index (χ2n) is 5.42. The molecule has 0 bridgehead atoms. The fraction of sp³-hybridized carbons (Fsp3) is 0.643. The highest BCUT2D eigenvalue weighted by atomic mass is 32.1. The van der Waals surface area contributed by atoms with Crippen LogP contribution in [-0.2, 0) is 9.53 Å². The maximum Gasteiger partial charge on any atom is 0.244 e. The average molecular weight is 280 g/mol. The van der Waals surface area contributed by atoms with Gasteiger partial charge in [-0.2, -0.15) is 0 Å². The molecule has 5 heteroatoms. The summed E-state index contributed by atoms with van der Waals surface area (Å²) in [5, 5.41) is 3.54. The molecule has 104 valence electrons. The van der Waals surface area contributed by atoms with Crippen LogP contribution in [0.2, 0.25) is 0 Å². The largest absolute Gasteiger partial charge is 0.385 e. The molecule has 2 heterocycles. The van der Waals surface area contributed by atoms with E-state index in [4.69, 9.17) is 4.74 Å². The summed E-state index contributed by atoms with van der Waals surface area (Å²) in [5.41, 5.74) is -0.240. The first-order chi connectivity index (χ1) is 9.16. The lowest BCUT2D eigenvalue weighted by Gasteiger charge is -2.23. The summed E-state index contributed by atoms with van der Waals surface area (Å²) in [6.07, 6.45) is 2.91. The van der Waals surface area contributed by atoms with E-state index in [1.54, 1.807) is 18.4 Å². The third kappa shape index (κ3) is 2.30. The molecule has 2 fully saturated rings. The van der Waals surface area contributed by atoms with Gasteiger partial charge in [-0.05, 0) is 38.3 Å². The van der Waals surface area contributed by atoms with Gasteiger partial charge in [0.05, 0.1) is 0 Å². The third-order valence-electron chi connectivity index (χ3n) is 3.92. The Bertz CT molecular complexity index is 482. The zero-order chi connectivity index (χ0) is 13.5. The van der Waals surface area contributed by atoms with Gasteiger partial charge in [-0.3, -0.25) is 10.1 Å². The molecule has 0 aromatic carbocycles. The summed E-state index contributed by atoms with van der Waals surface area (Å²) in [6, 6.07) is 4.26. The monoisotopic (exact) mass is 280 g/mol. The predicted octanol–water partition coefficient (Wildman–Crippen LogP) is 2.06. The van der Waals surface area contributed by atoms with Crippen molar-refractivity contribution in [1.29, 1.82) is 0 Å². The van der Waals surface area contributed by atoms with Crippen LogP contribution in [-0.4, -0.2) is 36.6 Å². The Balaban J connectivity index is 1.78. The highest BCUT2D eigenvalue weighted by Gasteiger charge is 2.59. The molecule has 19 heavy (non-hydrogen) atoms. The van der Waals surface area contributed by atoms with E-state index in [1.165, 1.54) is 9.75 Å². The first-order valence-electron chi connectivity index (χ1n) is 6.80. The second-order valence-corrected chi connectivity index (χ2v) is 6.74. The SMILES string of the molecule is COCCCN1C(=O)C2(CC2)NC1c1ccc(C)s1. The van der Waals surface area contributed by atoms with Crippen molar-refractivity contribution in [1.82, 2.24) is 10.2 Å². The summed E-state index contributed by atoms with van der Waals surface area (Å²) in [6.45, 7) is 3.57. The van der Waals surface area contributed by atoms with Gasteiger partial charge in [-0.1, -0.05) is 0 Å². The summed E-state index contributed by atoms with van der Waals surface area (Å²) >= 11 is 1.77. The van der Waals surface area contributed by atoms with E-state index < -0.39 is 0 Å². The van der Waals surface area contributed by atoms with Gasteiger partial charge < -0.3 is 9.64 Å². The molecule has 1 aliphatic heterocycles. The van der Waals surface area contributed by atoms with Crippen LogP contribution in [0, 0.1) is 6.92 Å². The second kappa shape index (κ2) is 4.89. The van der Waals surface area contributed by atoms with Crippen LogP contribution in [0.15, 0.2) is 12.1 Å². The molecule has 1 amide bonds. The Morgan fingerprint density at radius 2 is 2.32 bits per heavy atom. The van der Waals surface area contributed by atoms with E-state index in [1.807, 2.05) is 4.90 Å². The van der Waals surface area contributed by atoms with E-state index in [0.29, 0.717) is 6.61 Å². The number of hydrogen-bond acceptors (Lipinski definition) is 4. The number of nitrogens with one attached hydrogen (secondary N) is 1. The fourth-order valence-corrected chi connectivity index (χ4v) is 3.65. The van der Waals surface area contributed by atoms with Crippen LogP contribution in [0.1, 0.15) is 35.2 Å². The molecule has 4 nitrogen and oxygen atoms in total. The first kappa shape index (κ1) is 13.1. The molecule has 2 aliphatic rings. The molecule has 1 aromatic rings. The van der Waals surface area contributed by atoms with Crippen molar-refractivity contribution >= 4 is 17.2 Å². The van der Waals surface area contributed by atoms with Gasteiger partial charge in [0.1, 0.15) is 11.7 Å². The number of carbonyl (C=O) groups is 1. The minimum atomic E-state index is -0.240. The maximum atomic E-state index is 12.5. The van der Waals surface area contributed by atoms with Crippen molar-refractivity contribution < 1.29 is 9.53 Å². The van der Waals surface area contributed by atoms with Crippen LogP contribution in [0.3, 0.4) is 0 Å². The van der Waals surface area contributed by atoms with Crippen LogP contribution in [0.25, 0.3) is 0 Å². The quantitative estimate of drug-likeness (QED) is 0.839. The van der Waals surface area contributed by atoms with Crippen molar-refractivity contribution in [3.8, 4) is 0 Å². The molecule has 1 N–H and O–H groups in total. The zero-order valence-electron chi connectivity index (χ0n) is 11.4. The smallest absolute Gasteiger partial charge is 0.244 e. The summed E-state index contributed by atoms with van der Waals surface area (Å²) in [5.74, 6) is 0.277. The van der Waals surface area contributed by atoms with E-state index >= 15 is 0 Å². The van der Waals surface area contributed by atoms with Gasteiger partial charge >= 0.3 is 0 Å². The number of aryl methyl sites for hydroxylation is 1. The molecule has 1 atom stereocenters. The third-order valence-corrected chi connectivity index (χ3v) is 4.98. The molecule has 1 aromatic heterocycles. The number of hydrogen-bond donors (Lipinski definition) is 1. The minimum absolute atomic E-state index is 0.0607. The standard InChI is InChI=1S/C14H20N2O2S/c1-10-4-5-11(19-10)12-15-14(6-7-14)13(17)16(12)8-3-9-18-2/h4-5,12,15H,3,6-9H2,1-2H3. The van der Waals surface area contributed by atoms with Crippen LogP contribution in [0.5, 0.6) is 0 Å². The first-order valence-corrected chi connectivity index (χ1v) is 7.62. The lowest BCUT2D eigenvalue weighted by atomic mass is 10.2. The van der Waals surface area contributed by atoms with Gasteiger partial charge in [0.15, 0.2) is 0 Å². The number of methoxy groups -OCH3 is 1. The maximum absolute atomic E-state index is 12.5. The van der Waals surface area contributed by atoms with E-state index in [2.05, 4.69) is 24.4 Å². The van der Waals surface area contributed by atoms with Crippen molar-refractivity contribution in [2.45, 2.75) is 37.9 Å². The highest BCUT2D eigenvalue weighted by Crippen LogP contribution is 2.46. The Morgan fingerprint density at radius 1 is 1.53 bits per heavy atom. The molecular weight excluding hydrogens is 260 g/mol. The number of thiophene rings is 1. The zero-order valence-corrected chi connectivity index (χ0v) is 12.3. The number of carbonyl (C=O) groups excluding carboxylic acids is 1. The van der Waals surface area contributed by atoms with E-state index in [0.717, 1.165) is 25.8 Å². The van der Waals surface area contributed by atoms with Crippen LogP contribution >= 0.6 is 11.3 Å². The van der Waals surface area contributed by atoms with Gasteiger partial charge in [0, 0.05) is 30.0 Å². The van der Waals surface area contributed by atoms with Gasteiger partial charge in [0.2, 0.25) is 5.91 Å². The molecule has 1 aliphatic carbocycles. The Morgan fingerprint density at radius 3 is 2.89 bits per heavy atom. The number of amides is 1. The van der Waals surface area contributed by atoms with Crippen LogP contribution < -0.4 is 5.32 Å². The number of nitrogens with zero attached hydrogens (tertiary/aromatic N) is 1. The molecule has 3 rings (SSSR count). The Hall–Kier alpha value is -0.910. The highest BCUT2D eigenvalue weighted by molar-refractivity contribution is 7.12. The summed E-state index contributed by atoms with van der Waals surface area (Å²) < 4.78 is 5.09. The van der Waals surface area contributed by atoms with Crippen molar-refractivity contribution in [2.75, 3.05) is 20.3 Å². The van der Waals surface area contributed by atoms with Gasteiger partial charge in [-0.25, -0.2) is 0 Å². The lowest BCUT2D eigenvalue weighted by Crippen LogP contribution is -2.33. The van der Waals surface area contributed by atoms with Gasteiger partial charge in [0.25, 0.3) is 0 Å². The molecule has 1 saturated carbocycles. The topological polar surface area (TPSA) is 41.6 Å². The molecule has 1 spiro atoms. The normalized spacial score (nSPS) is 24.4. The lowest BCUT2D eigenvalue weighted by molar-refractivity contribution is -0.131. The van der Waals surface area contributed by atoms with Crippen molar-refractivity contribution in [3.05, 3.63) is 21.9 Å². The molecule has 0 radical (unpaired) electrons. The van der Waals surface area contributed by atoms with E-state index in [9.17, 15) is 4.79 Å². The van der Waals surface area contributed by atoms with Gasteiger partial charge in [-0.15, -0.1) is 11.3 Å². The van der Waals surface area contributed by atoms with Crippen molar-refractivity contribution in [3.63, 3.8) is 0 Å². The minimum Gasteiger partial charge on any atom is -0.385 e. The summed E-state index contributed by atoms with van der Waals surface area (Å²) in [4.78, 5) is 17.0. The molecule has 1 saturated heterocycles. The average Bonchev–Trinajstić information content (AvgIpc) is 2.98. The number of rotatable bonds is 5.